The van der Waals surface area contributed by atoms with E-state index in [1.54, 1.807) is 30.5 Å². The lowest BCUT2D eigenvalue weighted by molar-refractivity contribution is -0.143. The van der Waals surface area contributed by atoms with Crippen LogP contribution in [0.5, 0.6) is 5.75 Å². The number of carboxylic acid groups (broad SMARTS) is 1. The number of aliphatic carboxylic acids is 1. The number of carboxylic acids is 1. The molecule has 1 aromatic heterocycles. The molecule has 0 atom stereocenters. The number of ether oxygens (including phenoxy) is 1. The maximum Gasteiger partial charge on any atom is 0.328 e. The minimum Gasteiger partial charge on any atom is -0.487 e. The molecule has 0 saturated heterocycles. The van der Waals surface area contributed by atoms with Gasteiger partial charge in [0.1, 0.15) is 23.0 Å². The Balaban J connectivity index is 1.97. The number of fused-ring (bicyclic) bond motifs is 1. The van der Waals surface area contributed by atoms with Crippen molar-refractivity contribution in [3.8, 4) is 5.75 Å². The number of nitrogens with zero attached hydrogens (tertiary/aromatic N) is 1. The number of carbonyl (C=O) groups excluding carboxylic acids is 1. The highest BCUT2D eigenvalue weighted by atomic mass is 35.5. The normalized spacial score (nSPS) is 11.2. The summed E-state index contributed by atoms with van der Waals surface area (Å²) in [5, 5.41) is 13.9. The number of amides is 1. The van der Waals surface area contributed by atoms with Gasteiger partial charge in [0.05, 0.1) is 5.56 Å². The first-order chi connectivity index (χ1) is 13.3. The SMILES string of the molecule is CC(C)(NC(=O)c1ccc2ccccc2c1OCc1ccc(Cl)nc1)C(=O)O. The molecule has 144 valence electrons. The molecule has 2 aromatic carbocycles. The Hall–Kier alpha value is -3.12. The first kappa shape index (κ1) is 19.6. The molecule has 0 aliphatic carbocycles. The molecule has 3 aromatic rings. The fourth-order valence-electron chi connectivity index (χ4n) is 2.63. The van der Waals surface area contributed by atoms with Gasteiger partial charge in [-0.2, -0.15) is 0 Å². The summed E-state index contributed by atoms with van der Waals surface area (Å²) < 4.78 is 5.98. The second kappa shape index (κ2) is 7.86. The summed E-state index contributed by atoms with van der Waals surface area (Å²) in [7, 11) is 0. The van der Waals surface area contributed by atoms with Crippen LogP contribution in [0, 0.1) is 0 Å². The number of hydrogen-bond acceptors (Lipinski definition) is 4. The number of halogens is 1. The molecule has 3 rings (SSSR count). The maximum absolute atomic E-state index is 12.8. The summed E-state index contributed by atoms with van der Waals surface area (Å²) in [5.74, 6) is -1.27. The molecule has 0 aliphatic heterocycles. The van der Waals surface area contributed by atoms with Gasteiger partial charge in [0.2, 0.25) is 0 Å². The van der Waals surface area contributed by atoms with E-state index in [1.165, 1.54) is 13.8 Å². The second-order valence-electron chi connectivity index (χ2n) is 6.83. The van der Waals surface area contributed by atoms with Crippen LogP contribution < -0.4 is 10.1 Å². The van der Waals surface area contributed by atoms with Crippen LogP contribution in [0.3, 0.4) is 0 Å². The summed E-state index contributed by atoms with van der Waals surface area (Å²) in [6.07, 6.45) is 1.60. The van der Waals surface area contributed by atoms with E-state index in [0.717, 1.165) is 16.3 Å². The Morgan fingerprint density at radius 1 is 1.14 bits per heavy atom. The van der Waals surface area contributed by atoms with Crippen LogP contribution in [0.4, 0.5) is 0 Å². The van der Waals surface area contributed by atoms with E-state index in [4.69, 9.17) is 16.3 Å². The highest BCUT2D eigenvalue weighted by molar-refractivity contribution is 6.29. The standard InChI is InChI=1S/C21H19ClN2O4/c1-21(2,20(26)27)24-19(25)16-9-8-14-5-3-4-6-15(14)18(16)28-12-13-7-10-17(22)23-11-13/h3-11H,12H2,1-2H3,(H,24,25)(H,26,27). The fraction of sp³-hybridized carbons (Fsp3) is 0.190. The summed E-state index contributed by atoms with van der Waals surface area (Å²) >= 11 is 5.81. The summed E-state index contributed by atoms with van der Waals surface area (Å²) in [6.45, 7) is 3.03. The minimum absolute atomic E-state index is 0.181. The zero-order chi connectivity index (χ0) is 20.3. The van der Waals surface area contributed by atoms with E-state index >= 15 is 0 Å². The molecule has 28 heavy (non-hydrogen) atoms. The number of rotatable bonds is 6. The van der Waals surface area contributed by atoms with Crippen molar-refractivity contribution in [2.45, 2.75) is 26.0 Å². The lowest BCUT2D eigenvalue weighted by Gasteiger charge is -2.22. The molecule has 0 aliphatic rings. The van der Waals surface area contributed by atoms with Crippen LogP contribution >= 0.6 is 11.6 Å². The van der Waals surface area contributed by atoms with Gasteiger partial charge in [0, 0.05) is 17.1 Å². The smallest absolute Gasteiger partial charge is 0.328 e. The predicted molar refractivity (Wildman–Crippen MR) is 107 cm³/mol. The summed E-state index contributed by atoms with van der Waals surface area (Å²) in [6, 6.07) is 14.4. The lowest BCUT2D eigenvalue weighted by atomic mass is 10.0. The van der Waals surface area contributed by atoms with E-state index in [1.807, 2.05) is 24.3 Å². The van der Waals surface area contributed by atoms with Crippen LogP contribution in [0.1, 0.15) is 29.8 Å². The van der Waals surface area contributed by atoms with E-state index in [-0.39, 0.29) is 12.2 Å². The van der Waals surface area contributed by atoms with Crippen molar-refractivity contribution in [2.24, 2.45) is 0 Å². The monoisotopic (exact) mass is 398 g/mol. The van der Waals surface area contributed by atoms with Crippen LogP contribution in [0.2, 0.25) is 5.15 Å². The van der Waals surface area contributed by atoms with Crippen LogP contribution in [0.15, 0.2) is 54.7 Å². The van der Waals surface area contributed by atoms with Gasteiger partial charge in [-0.3, -0.25) is 4.79 Å². The Morgan fingerprint density at radius 3 is 2.57 bits per heavy atom. The number of benzene rings is 2. The Morgan fingerprint density at radius 2 is 1.89 bits per heavy atom. The van der Waals surface area contributed by atoms with E-state index in [0.29, 0.717) is 10.9 Å². The summed E-state index contributed by atoms with van der Waals surface area (Å²) in [4.78, 5) is 28.2. The zero-order valence-corrected chi connectivity index (χ0v) is 16.2. The van der Waals surface area contributed by atoms with Gasteiger partial charge in [-0.05, 0) is 31.4 Å². The van der Waals surface area contributed by atoms with Crippen molar-refractivity contribution in [3.05, 3.63) is 71.0 Å². The Bertz CT molecular complexity index is 1030. The van der Waals surface area contributed by atoms with Crippen LogP contribution in [-0.4, -0.2) is 27.5 Å². The van der Waals surface area contributed by atoms with E-state index < -0.39 is 17.4 Å². The van der Waals surface area contributed by atoms with Gasteiger partial charge in [0.25, 0.3) is 5.91 Å². The van der Waals surface area contributed by atoms with Crippen LogP contribution in [0.25, 0.3) is 10.8 Å². The van der Waals surface area contributed by atoms with Crippen molar-refractivity contribution >= 4 is 34.2 Å². The van der Waals surface area contributed by atoms with Crippen molar-refractivity contribution in [3.63, 3.8) is 0 Å². The van der Waals surface area contributed by atoms with Crippen molar-refractivity contribution in [2.75, 3.05) is 0 Å². The third-order valence-corrected chi connectivity index (χ3v) is 4.48. The average molecular weight is 399 g/mol. The topological polar surface area (TPSA) is 88.5 Å². The molecule has 1 heterocycles. The molecule has 7 heteroatoms. The lowest BCUT2D eigenvalue weighted by Crippen LogP contribution is -2.49. The van der Waals surface area contributed by atoms with E-state index in [9.17, 15) is 14.7 Å². The highest BCUT2D eigenvalue weighted by Gasteiger charge is 2.30. The van der Waals surface area contributed by atoms with Gasteiger partial charge < -0.3 is 15.2 Å². The molecule has 0 fully saturated rings. The quantitative estimate of drug-likeness (QED) is 0.611. The van der Waals surface area contributed by atoms with Gasteiger partial charge in [-0.15, -0.1) is 0 Å². The first-order valence-electron chi connectivity index (χ1n) is 8.59. The molecular formula is C21H19ClN2O4. The van der Waals surface area contributed by atoms with Gasteiger partial charge in [-0.25, -0.2) is 9.78 Å². The number of hydrogen-bond donors (Lipinski definition) is 2. The van der Waals surface area contributed by atoms with Crippen LogP contribution in [-0.2, 0) is 11.4 Å². The Labute approximate surface area is 167 Å². The van der Waals surface area contributed by atoms with Gasteiger partial charge in [-0.1, -0.05) is 48.0 Å². The first-order valence-corrected chi connectivity index (χ1v) is 8.96. The number of pyridine rings is 1. The summed E-state index contributed by atoms with van der Waals surface area (Å²) in [5.41, 5.74) is -0.371. The van der Waals surface area contributed by atoms with Gasteiger partial charge >= 0.3 is 5.97 Å². The van der Waals surface area contributed by atoms with Crippen molar-refractivity contribution < 1.29 is 19.4 Å². The molecule has 0 spiro atoms. The van der Waals surface area contributed by atoms with Gasteiger partial charge in [0.15, 0.2) is 0 Å². The molecular weight excluding hydrogens is 380 g/mol. The maximum atomic E-state index is 12.8. The molecule has 0 saturated carbocycles. The van der Waals surface area contributed by atoms with Crippen molar-refractivity contribution in [1.82, 2.24) is 10.3 Å². The molecule has 0 bridgehead atoms. The fourth-order valence-corrected chi connectivity index (χ4v) is 2.74. The number of carbonyl (C=O) groups is 2. The number of aromatic nitrogens is 1. The molecule has 0 unspecified atom stereocenters. The predicted octanol–water partition coefficient (Wildman–Crippen LogP) is 4.06. The molecule has 1 amide bonds. The molecule has 0 radical (unpaired) electrons. The highest BCUT2D eigenvalue weighted by Crippen LogP contribution is 2.31. The average Bonchev–Trinajstić information content (AvgIpc) is 2.66. The third-order valence-electron chi connectivity index (χ3n) is 4.26. The zero-order valence-electron chi connectivity index (χ0n) is 15.4. The van der Waals surface area contributed by atoms with Crippen molar-refractivity contribution in [1.29, 1.82) is 0 Å². The number of nitrogens with one attached hydrogen (secondary N) is 1. The largest absolute Gasteiger partial charge is 0.487 e. The molecule has 6 nitrogen and oxygen atoms in total. The third kappa shape index (κ3) is 4.23. The second-order valence-corrected chi connectivity index (χ2v) is 7.21. The molecule has 2 N–H and O–H groups in total. The minimum atomic E-state index is -1.42. The Kier molecular flexibility index (Phi) is 5.51. The van der Waals surface area contributed by atoms with E-state index in [2.05, 4.69) is 10.3 Å².